The van der Waals surface area contributed by atoms with Crippen molar-refractivity contribution in [3.8, 4) is 0 Å². The summed E-state index contributed by atoms with van der Waals surface area (Å²) in [5.74, 6) is 0.770. The van der Waals surface area contributed by atoms with E-state index in [1.807, 2.05) is 6.92 Å². The minimum atomic E-state index is -3.00. The fourth-order valence-electron chi connectivity index (χ4n) is 2.74. The highest BCUT2D eigenvalue weighted by atomic mass is 32.2. The Balaban J connectivity index is 1.99. The molecule has 0 spiro atoms. The van der Waals surface area contributed by atoms with Crippen molar-refractivity contribution in [3.05, 3.63) is 18.0 Å². The van der Waals surface area contributed by atoms with Crippen LogP contribution >= 0.6 is 0 Å². The Morgan fingerprint density at radius 3 is 2.64 bits per heavy atom. The largest absolute Gasteiger partial charge is 0.383 e. The fraction of sp³-hybridized carbons (Fsp3) is 0.750. The van der Waals surface area contributed by atoms with Gasteiger partial charge in [0.15, 0.2) is 5.96 Å². The first kappa shape index (κ1) is 19.7. The first-order valence-corrected chi connectivity index (χ1v) is 10.5. The zero-order valence-corrected chi connectivity index (χ0v) is 16.2. The van der Waals surface area contributed by atoms with E-state index in [4.69, 9.17) is 0 Å². The van der Waals surface area contributed by atoms with E-state index in [0.29, 0.717) is 24.6 Å². The summed E-state index contributed by atoms with van der Waals surface area (Å²) in [7, 11) is -1.20. The summed E-state index contributed by atoms with van der Waals surface area (Å²) < 4.78 is 24.8. The molecule has 3 N–H and O–H groups in total. The SMILES string of the molecule is CCNC(=NCC(C)(O)c1cnn(C)c1)NCC1(CS(C)(=O)=O)CC1. The molecular weight excluding hydrogens is 342 g/mol. The van der Waals surface area contributed by atoms with Crippen LogP contribution in [0.15, 0.2) is 17.4 Å². The van der Waals surface area contributed by atoms with Crippen molar-refractivity contribution in [2.24, 2.45) is 17.5 Å². The average molecular weight is 372 g/mol. The number of aliphatic imine (C=N–C) groups is 1. The number of sulfone groups is 1. The molecule has 0 aliphatic heterocycles. The molecule has 0 bridgehead atoms. The lowest BCUT2D eigenvalue weighted by Crippen LogP contribution is -2.42. The predicted octanol–water partition coefficient (Wildman–Crippen LogP) is 0.00750. The van der Waals surface area contributed by atoms with Gasteiger partial charge < -0.3 is 15.7 Å². The second kappa shape index (κ2) is 7.33. The molecule has 1 aromatic heterocycles. The number of aryl methyl sites for hydroxylation is 1. The Kier molecular flexibility index (Phi) is 5.78. The minimum absolute atomic E-state index is 0.174. The summed E-state index contributed by atoms with van der Waals surface area (Å²) >= 11 is 0. The summed E-state index contributed by atoms with van der Waals surface area (Å²) in [4.78, 5) is 4.46. The van der Waals surface area contributed by atoms with Gasteiger partial charge in [0, 0.05) is 43.6 Å². The third-order valence-electron chi connectivity index (χ3n) is 4.37. The molecule has 0 amide bonds. The number of nitrogens with one attached hydrogen (secondary N) is 2. The van der Waals surface area contributed by atoms with Crippen LogP contribution in [0.25, 0.3) is 0 Å². The second-order valence-electron chi connectivity index (χ2n) is 7.30. The number of hydrogen-bond donors (Lipinski definition) is 3. The van der Waals surface area contributed by atoms with E-state index >= 15 is 0 Å². The zero-order valence-electron chi connectivity index (χ0n) is 15.4. The maximum absolute atomic E-state index is 11.6. The van der Waals surface area contributed by atoms with Gasteiger partial charge in [-0.15, -0.1) is 0 Å². The Bertz CT molecular complexity index is 720. The number of aliphatic hydroxyl groups is 1. The normalized spacial score (nSPS) is 19.3. The molecule has 1 atom stereocenters. The predicted molar refractivity (Wildman–Crippen MR) is 98.1 cm³/mol. The van der Waals surface area contributed by atoms with Crippen LogP contribution in [-0.2, 0) is 22.5 Å². The van der Waals surface area contributed by atoms with Crippen molar-refractivity contribution in [1.29, 1.82) is 0 Å². The van der Waals surface area contributed by atoms with E-state index < -0.39 is 15.4 Å². The van der Waals surface area contributed by atoms with Gasteiger partial charge in [0.1, 0.15) is 15.4 Å². The van der Waals surface area contributed by atoms with Gasteiger partial charge >= 0.3 is 0 Å². The molecular formula is C16H29N5O3S. The Morgan fingerprint density at radius 2 is 2.16 bits per heavy atom. The van der Waals surface area contributed by atoms with E-state index in [-0.39, 0.29) is 17.7 Å². The smallest absolute Gasteiger partial charge is 0.191 e. The van der Waals surface area contributed by atoms with Crippen molar-refractivity contribution >= 4 is 15.8 Å². The highest BCUT2D eigenvalue weighted by Crippen LogP contribution is 2.45. The number of rotatable bonds is 8. The van der Waals surface area contributed by atoms with Crippen LogP contribution < -0.4 is 10.6 Å². The molecule has 1 unspecified atom stereocenters. The zero-order chi connectivity index (χ0) is 18.7. The van der Waals surface area contributed by atoms with Crippen LogP contribution in [0.3, 0.4) is 0 Å². The van der Waals surface area contributed by atoms with Crippen LogP contribution in [0.1, 0.15) is 32.3 Å². The maximum atomic E-state index is 11.6. The van der Waals surface area contributed by atoms with Gasteiger partial charge in [-0.2, -0.15) is 5.10 Å². The van der Waals surface area contributed by atoms with Crippen LogP contribution in [0.2, 0.25) is 0 Å². The molecule has 0 radical (unpaired) electrons. The molecule has 1 saturated carbocycles. The molecule has 0 aromatic carbocycles. The molecule has 1 aliphatic rings. The molecule has 8 nitrogen and oxygen atoms in total. The third kappa shape index (κ3) is 6.00. The summed E-state index contributed by atoms with van der Waals surface area (Å²) in [6, 6.07) is 0. The van der Waals surface area contributed by atoms with Gasteiger partial charge in [0.05, 0.1) is 18.5 Å². The van der Waals surface area contributed by atoms with Crippen molar-refractivity contribution in [2.75, 3.05) is 31.6 Å². The van der Waals surface area contributed by atoms with Gasteiger partial charge in [0.2, 0.25) is 0 Å². The van der Waals surface area contributed by atoms with Crippen LogP contribution in [-0.4, -0.2) is 60.9 Å². The molecule has 0 saturated heterocycles. The monoisotopic (exact) mass is 371 g/mol. The number of hydrogen-bond acceptors (Lipinski definition) is 5. The Labute approximate surface area is 149 Å². The van der Waals surface area contributed by atoms with Crippen molar-refractivity contribution < 1.29 is 13.5 Å². The molecule has 1 heterocycles. The lowest BCUT2D eigenvalue weighted by atomic mass is 10.0. The summed E-state index contributed by atoms with van der Waals surface area (Å²) in [5, 5.41) is 21.0. The van der Waals surface area contributed by atoms with Crippen molar-refractivity contribution in [1.82, 2.24) is 20.4 Å². The van der Waals surface area contributed by atoms with E-state index in [0.717, 1.165) is 12.8 Å². The molecule has 1 aromatic rings. The minimum Gasteiger partial charge on any atom is -0.383 e. The highest BCUT2D eigenvalue weighted by molar-refractivity contribution is 7.90. The lowest BCUT2D eigenvalue weighted by Gasteiger charge is -2.21. The van der Waals surface area contributed by atoms with Crippen LogP contribution in [0.5, 0.6) is 0 Å². The molecule has 142 valence electrons. The van der Waals surface area contributed by atoms with E-state index in [1.165, 1.54) is 6.26 Å². The maximum Gasteiger partial charge on any atom is 0.191 e. The van der Waals surface area contributed by atoms with E-state index in [1.54, 1.807) is 31.0 Å². The Morgan fingerprint density at radius 1 is 1.48 bits per heavy atom. The summed E-state index contributed by atoms with van der Waals surface area (Å²) in [6.07, 6.45) is 6.47. The topological polar surface area (TPSA) is 109 Å². The Hall–Kier alpha value is -1.61. The highest BCUT2D eigenvalue weighted by Gasteiger charge is 2.45. The van der Waals surface area contributed by atoms with Gasteiger partial charge in [-0.1, -0.05) is 0 Å². The van der Waals surface area contributed by atoms with Gasteiger partial charge in [-0.25, -0.2) is 13.4 Å². The number of nitrogens with zero attached hydrogens (tertiary/aromatic N) is 3. The van der Waals surface area contributed by atoms with Crippen LogP contribution in [0.4, 0.5) is 0 Å². The van der Waals surface area contributed by atoms with Crippen molar-refractivity contribution in [2.45, 2.75) is 32.3 Å². The van der Waals surface area contributed by atoms with Gasteiger partial charge in [-0.3, -0.25) is 4.68 Å². The molecule has 2 rings (SSSR count). The summed E-state index contributed by atoms with van der Waals surface area (Å²) in [5.41, 5.74) is -0.610. The average Bonchev–Trinajstić information content (AvgIpc) is 3.08. The van der Waals surface area contributed by atoms with E-state index in [2.05, 4.69) is 20.7 Å². The first-order valence-electron chi connectivity index (χ1n) is 8.47. The van der Waals surface area contributed by atoms with Gasteiger partial charge in [-0.05, 0) is 26.7 Å². The third-order valence-corrected chi connectivity index (χ3v) is 5.51. The number of aromatic nitrogens is 2. The molecule has 9 heteroatoms. The molecule has 1 fully saturated rings. The first-order chi connectivity index (χ1) is 11.6. The number of guanidine groups is 1. The fourth-order valence-corrected chi connectivity index (χ4v) is 4.24. The lowest BCUT2D eigenvalue weighted by molar-refractivity contribution is 0.0671. The quantitative estimate of drug-likeness (QED) is 0.439. The van der Waals surface area contributed by atoms with Crippen LogP contribution in [0, 0.1) is 5.41 Å². The second-order valence-corrected chi connectivity index (χ2v) is 9.44. The van der Waals surface area contributed by atoms with Crippen molar-refractivity contribution in [3.63, 3.8) is 0 Å². The molecule has 25 heavy (non-hydrogen) atoms. The van der Waals surface area contributed by atoms with E-state index in [9.17, 15) is 13.5 Å². The van der Waals surface area contributed by atoms with Gasteiger partial charge in [0.25, 0.3) is 0 Å². The summed E-state index contributed by atoms with van der Waals surface area (Å²) in [6.45, 7) is 5.07. The molecule has 1 aliphatic carbocycles. The standard InChI is InChI=1S/C16H29N5O3S/c1-5-17-14(19-11-16(6-7-16)12-25(4,23)24)18-10-15(2,22)13-8-20-21(3)9-13/h8-9,22H,5-7,10-12H2,1-4H3,(H2,17,18,19).